The van der Waals surface area contributed by atoms with Gasteiger partial charge in [0.15, 0.2) is 5.96 Å². The minimum Gasteiger partial charge on any atom is -0.357 e. The zero-order valence-corrected chi connectivity index (χ0v) is 22.2. The Labute approximate surface area is 205 Å². The summed E-state index contributed by atoms with van der Waals surface area (Å²) in [4.78, 5) is 9.79. The molecule has 1 aromatic carbocycles. The minimum atomic E-state index is -3.06. The van der Waals surface area contributed by atoms with Gasteiger partial charge in [0.25, 0.3) is 0 Å². The largest absolute Gasteiger partial charge is 0.357 e. The molecule has 0 unspecified atom stereocenters. The van der Waals surface area contributed by atoms with E-state index in [4.69, 9.17) is 4.99 Å². The van der Waals surface area contributed by atoms with E-state index < -0.39 is 10.0 Å². The van der Waals surface area contributed by atoms with Crippen LogP contribution in [0.2, 0.25) is 0 Å². The molecule has 0 radical (unpaired) electrons. The summed E-state index contributed by atoms with van der Waals surface area (Å²) >= 11 is 0. The summed E-state index contributed by atoms with van der Waals surface area (Å²) < 4.78 is 25.0. The summed E-state index contributed by atoms with van der Waals surface area (Å²) in [5, 5.41) is 3.45. The number of aryl methyl sites for hydroxylation is 1. The van der Waals surface area contributed by atoms with Crippen LogP contribution >= 0.6 is 24.0 Å². The van der Waals surface area contributed by atoms with Crippen molar-refractivity contribution in [1.82, 2.24) is 19.4 Å². The average molecular weight is 564 g/mol. The lowest BCUT2D eigenvalue weighted by Gasteiger charge is -2.37. The normalized spacial score (nSPS) is 19.8. The molecule has 2 saturated heterocycles. The molecule has 2 fully saturated rings. The molecule has 0 amide bonds. The van der Waals surface area contributed by atoms with E-state index in [0.29, 0.717) is 19.0 Å². The van der Waals surface area contributed by atoms with Crippen LogP contribution in [0.15, 0.2) is 29.3 Å². The molecule has 0 aromatic heterocycles. The number of nitrogens with one attached hydrogen (secondary N) is 1. The van der Waals surface area contributed by atoms with Crippen LogP contribution in [-0.4, -0.2) is 87.1 Å². The summed E-state index contributed by atoms with van der Waals surface area (Å²) in [6.45, 7) is 12.1. The Kier molecular flexibility index (Phi) is 10.5. The second kappa shape index (κ2) is 12.4. The van der Waals surface area contributed by atoms with Crippen molar-refractivity contribution in [3.05, 3.63) is 35.4 Å². The van der Waals surface area contributed by atoms with Crippen LogP contribution in [0, 0.1) is 12.8 Å². The molecule has 2 heterocycles. The molecule has 0 bridgehead atoms. The van der Waals surface area contributed by atoms with Crippen molar-refractivity contribution < 1.29 is 8.42 Å². The number of aliphatic imine (C=N–C) groups is 1. The SMILES string of the molecule is CCNC(=NCC1CCN(S(C)(=O)=O)CC1)N1CCN(Cc2cccc(C)c2)CC1.I. The van der Waals surface area contributed by atoms with Crippen molar-refractivity contribution in [2.45, 2.75) is 33.2 Å². The van der Waals surface area contributed by atoms with Gasteiger partial charge in [-0.05, 0) is 38.2 Å². The highest BCUT2D eigenvalue weighted by Gasteiger charge is 2.25. The number of rotatable bonds is 6. The number of halogens is 1. The van der Waals surface area contributed by atoms with Crippen molar-refractivity contribution in [2.75, 3.05) is 58.6 Å². The Hall–Kier alpha value is -0.910. The lowest BCUT2D eigenvalue weighted by atomic mass is 9.98. The third-order valence-corrected chi connectivity index (χ3v) is 7.34. The van der Waals surface area contributed by atoms with Gasteiger partial charge >= 0.3 is 0 Å². The molecule has 2 aliphatic rings. The van der Waals surface area contributed by atoms with E-state index in [1.165, 1.54) is 17.4 Å². The topological polar surface area (TPSA) is 68.2 Å². The second-order valence-corrected chi connectivity index (χ2v) is 10.5. The Morgan fingerprint density at radius 1 is 1.13 bits per heavy atom. The Bertz CT molecular complexity index is 817. The van der Waals surface area contributed by atoms with Crippen molar-refractivity contribution in [3.63, 3.8) is 0 Å². The molecular formula is C22H38IN5O2S. The van der Waals surface area contributed by atoms with Crippen LogP contribution in [0.3, 0.4) is 0 Å². The number of hydrogen-bond acceptors (Lipinski definition) is 4. The summed E-state index contributed by atoms with van der Waals surface area (Å²) in [6.07, 6.45) is 3.08. The predicted octanol–water partition coefficient (Wildman–Crippen LogP) is 2.37. The molecule has 1 N–H and O–H groups in total. The second-order valence-electron chi connectivity index (χ2n) is 8.55. The first-order valence-electron chi connectivity index (χ1n) is 11.1. The van der Waals surface area contributed by atoms with Gasteiger partial charge in [0.1, 0.15) is 0 Å². The molecular weight excluding hydrogens is 525 g/mol. The van der Waals surface area contributed by atoms with Crippen molar-refractivity contribution in [3.8, 4) is 0 Å². The molecule has 31 heavy (non-hydrogen) atoms. The van der Waals surface area contributed by atoms with Gasteiger partial charge in [-0.15, -0.1) is 24.0 Å². The molecule has 3 rings (SSSR count). The maximum Gasteiger partial charge on any atom is 0.211 e. The highest BCUT2D eigenvalue weighted by atomic mass is 127. The molecule has 1 aromatic rings. The van der Waals surface area contributed by atoms with Gasteiger partial charge in [-0.25, -0.2) is 12.7 Å². The highest BCUT2D eigenvalue weighted by molar-refractivity contribution is 14.0. The molecule has 0 atom stereocenters. The first-order valence-corrected chi connectivity index (χ1v) is 13.0. The fraction of sp³-hybridized carbons (Fsp3) is 0.682. The van der Waals surface area contributed by atoms with Gasteiger partial charge in [-0.3, -0.25) is 9.89 Å². The van der Waals surface area contributed by atoms with E-state index in [0.717, 1.165) is 64.6 Å². The van der Waals surface area contributed by atoms with Crippen molar-refractivity contribution in [1.29, 1.82) is 0 Å². The summed E-state index contributed by atoms with van der Waals surface area (Å²) in [5.74, 6) is 1.46. The van der Waals surface area contributed by atoms with E-state index in [9.17, 15) is 8.42 Å². The lowest BCUT2D eigenvalue weighted by molar-refractivity contribution is 0.172. The fourth-order valence-electron chi connectivity index (χ4n) is 4.25. The molecule has 0 saturated carbocycles. The van der Waals surface area contributed by atoms with Crippen LogP contribution in [0.25, 0.3) is 0 Å². The van der Waals surface area contributed by atoms with Crippen LogP contribution < -0.4 is 5.32 Å². The van der Waals surface area contributed by atoms with Crippen LogP contribution in [0.1, 0.15) is 30.9 Å². The van der Waals surface area contributed by atoms with E-state index in [1.807, 2.05) is 0 Å². The third kappa shape index (κ3) is 8.18. The van der Waals surface area contributed by atoms with Gasteiger partial charge in [0.05, 0.1) is 6.26 Å². The molecule has 2 aliphatic heterocycles. The standard InChI is InChI=1S/C22H37N5O2S.HI/c1-4-23-22(24-17-20-8-10-27(11-9-20)30(3,28)29)26-14-12-25(13-15-26)18-21-7-5-6-19(2)16-21;/h5-7,16,20H,4,8-15,17-18H2,1-3H3,(H,23,24);1H. The van der Waals surface area contributed by atoms with Gasteiger partial charge < -0.3 is 10.2 Å². The predicted molar refractivity (Wildman–Crippen MR) is 139 cm³/mol. The van der Waals surface area contributed by atoms with Gasteiger partial charge in [-0.2, -0.15) is 0 Å². The monoisotopic (exact) mass is 563 g/mol. The number of sulfonamides is 1. The van der Waals surface area contributed by atoms with E-state index in [-0.39, 0.29) is 24.0 Å². The first kappa shape index (κ1) is 26.3. The minimum absolute atomic E-state index is 0. The molecule has 176 valence electrons. The summed E-state index contributed by atoms with van der Waals surface area (Å²) in [7, 11) is -3.06. The van der Waals surface area contributed by atoms with E-state index >= 15 is 0 Å². The number of hydrogen-bond donors (Lipinski definition) is 1. The summed E-state index contributed by atoms with van der Waals surface area (Å²) in [5.41, 5.74) is 2.69. The lowest BCUT2D eigenvalue weighted by Crippen LogP contribution is -2.52. The molecule has 0 aliphatic carbocycles. The Morgan fingerprint density at radius 2 is 1.81 bits per heavy atom. The number of piperidine rings is 1. The Morgan fingerprint density at radius 3 is 2.39 bits per heavy atom. The van der Waals surface area contributed by atoms with Crippen molar-refractivity contribution in [2.24, 2.45) is 10.9 Å². The number of guanidine groups is 1. The van der Waals surface area contributed by atoms with Gasteiger partial charge in [-0.1, -0.05) is 29.8 Å². The smallest absolute Gasteiger partial charge is 0.211 e. The average Bonchev–Trinajstić information content (AvgIpc) is 2.71. The first-order chi connectivity index (χ1) is 14.3. The number of piperazine rings is 1. The van der Waals surface area contributed by atoms with Crippen molar-refractivity contribution >= 4 is 40.0 Å². The zero-order valence-electron chi connectivity index (χ0n) is 19.1. The van der Waals surface area contributed by atoms with Crippen LogP contribution in [0.5, 0.6) is 0 Å². The van der Waals surface area contributed by atoms with Crippen LogP contribution in [0.4, 0.5) is 0 Å². The van der Waals surface area contributed by atoms with Gasteiger partial charge in [0, 0.05) is 58.9 Å². The third-order valence-electron chi connectivity index (χ3n) is 6.04. The molecule has 7 nitrogen and oxygen atoms in total. The fourth-order valence-corrected chi connectivity index (χ4v) is 5.13. The quantitative estimate of drug-likeness (QED) is 0.327. The zero-order chi connectivity index (χ0) is 21.6. The van der Waals surface area contributed by atoms with Gasteiger partial charge in [0.2, 0.25) is 10.0 Å². The number of nitrogens with zero attached hydrogens (tertiary/aromatic N) is 4. The molecule has 9 heteroatoms. The summed E-state index contributed by atoms with van der Waals surface area (Å²) in [6, 6.07) is 8.76. The maximum absolute atomic E-state index is 11.7. The van der Waals surface area contributed by atoms with E-state index in [1.54, 1.807) is 4.31 Å². The van der Waals surface area contributed by atoms with E-state index in [2.05, 4.69) is 53.2 Å². The number of benzene rings is 1. The van der Waals surface area contributed by atoms with Crippen LogP contribution in [-0.2, 0) is 16.6 Å². The highest BCUT2D eigenvalue weighted by Crippen LogP contribution is 2.19. The molecule has 0 spiro atoms. The Balaban J connectivity index is 0.00000341. The maximum atomic E-state index is 11.7.